The Kier molecular flexibility index (Phi) is 5.69. The van der Waals surface area contributed by atoms with Gasteiger partial charge in [-0.3, -0.25) is 9.67 Å². The Morgan fingerprint density at radius 2 is 1.97 bits per heavy atom. The van der Waals surface area contributed by atoms with Crippen LogP contribution in [0, 0.1) is 5.82 Å². The summed E-state index contributed by atoms with van der Waals surface area (Å²) in [6, 6.07) is 10.9. The predicted molar refractivity (Wildman–Crippen MR) is 138 cm³/mol. The van der Waals surface area contributed by atoms with Crippen LogP contribution in [0.2, 0.25) is 0 Å². The van der Waals surface area contributed by atoms with Crippen molar-refractivity contribution in [3.05, 3.63) is 67.1 Å². The van der Waals surface area contributed by atoms with Crippen LogP contribution in [0.15, 0.2) is 61.3 Å². The third-order valence-electron chi connectivity index (χ3n) is 6.59. The van der Waals surface area contributed by atoms with Crippen LogP contribution in [-0.4, -0.2) is 55.9 Å². The number of piperidine rings is 1. The van der Waals surface area contributed by atoms with E-state index >= 15 is 4.39 Å². The second-order valence-electron chi connectivity index (χ2n) is 9.26. The first-order valence-electron chi connectivity index (χ1n) is 12.0. The fourth-order valence-electron chi connectivity index (χ4n) is 4.81. The average Bonchev–Trinajstić information content (AvgIpc) is 3.32. The molecule has 6 rings (SSSR count). The topological polar surface area (TPSA) is 81.0 Å². The number of rotatable bonds is 5. The SMILES string of the molecule is CN1CCC[C@@H](Oc2cc(-c3cnn(C)c3)cc3ncnc(Nc4ccc5ncccc5c4F)c23)C1. The van der Waals surface area contributed by atoms with Crippen LogP contribution in [0.3, 0.4) is 0 Å². The number of aromatic nitrogens is 5. The van der Waals surface area contributed by atoms with E-state index in [1.165, 1.54) is 6.33 Å². The number of anilines is 2. The number of aryl methyl sites for hydroxylation is 1. The van der Waals surface area contributed by atoms with E-state index in [-0.39, 0.29) is 11.9 Å². The molecule has 0 amide bonds. The quantitative estimate of drug-likeness (QED) is 0.379. The highest BCUT2D eigenvalue weighted by Crippen LogP contribution is 2.38. The Hall–Kier alpha value is -4.11. The highest BCUT2D eigenvalue weighted by atomic mass is 19.1. The summed E-state index contributed by atoms with van der Waals surface area (Å²) in [6.45, 7) is 1.89. The van der Waals surface area contributed by atoms with Crippen LogP contribution in [0.25, 0.3) is 32.9 Å². The summed E-state index contributed by atoms with van der Waals surface area (Å²) in [5, 5.41) is 8.67. The number of halogens is 1. The lowest BCUT2D eigenvalue weighted by Crippen LogP contribution is -2.38. The summed E-state index contributed by atoms with van der Waals surface area (Å²) in [5.41, 5.74) is 3.53. The lowest BCUT2D eigenvalue weighted by molar-refractivity contribution is 0.106. The molecule has 0 bridgehead atoms. The Morgan fingerprint density at radius 1 is 1.06 bits per heavy atom. The molecule has 1 atom stereocenters. The Morgan fingerprint density at radius 3 is 2.81 bits per heavy atom. The standard InChI is InChI=1S/C27H26FN7O/c1-34-10-4-5-19(15-34)36-24-12-17(18-13-32-35(2)14-18)11-23-25(24)27(31-16-30-23)33-22-8-7-21-20(26(22)28)6-3-9-29-21/h3,6-9,11-14,16,19H,4-5,10,15H2,1-2H3,(H,30,31,33)/t19-/m1/s1. The fraction of sp³-hybridized carbons (Fsp3) is 0.259. The van der Waals surface area contributed by atoms with Crippen LogP contribution >= 0.6 is 0 Å². The summed E-state index contributed by atoms with van der Waals surface area (Å²) in [6.07, 6.45) is 8.98. The summed E-state index contributed by atoms with van der Waals surface area (Å²) in [7, 11) is 3.99. The van der Waals surface area contributed by atoms with Gasteiger partial charge in [0.2, 0.25) is 0 Å². The van der Waals surface area contributed by atoms with Crippen LogP contribution in [0.5, 0.6) is 5.75 Å². The summed E-state index contributed by atoms with van der Waals surface area (Å²) < 4.78 is 23.7. The number of hydrogen-bond acceptors (Lipinski definition) is 7. The number of benzene rings is 2. The predicted octanol–water partition coefficient (Wildman–Crippen LogP) is 4.93. The number of fused-ring (bicyclic) bond motifs is 2. The maximum Gasteiger partial charge on any atom is 0.156 e. The number of nitrogens with one attached hydrogen (secondary N) is 1. The minimum absolute atomic E-state index is 0.0348. The van der Waals surface area contributed by atoms with Gasteiger partial charge in [-0.2, -0.15) is 5.10 Å². The van der Waals surface area contributed by atoms with Crippen molar-refractivity contribution in [3.8, 4) is 16.9 Å². The van der Waals surface area contributed by atoms with Crippen molar-refractivity contribution in [3.63, 3.8) is 0 Å². The summed E-state index contributed by atoms with van der Waals surface area (Å²) >= 11 is 0. The van der Waals surface area contributed by atoms with Gasteiger partial charge in [-0.15, -0.1) is 0 Å². The molecule has 1 aliphatic heterocycles. The number of ether oxygens (including phenoxy) is 1. The number of pyridine rings is 1. The molecule has 5 aromatic rings. The molecule has 0 aliphatic carbocycles. The van der Waals surface area contributed by atoms with Gasteiger partial charge in [0, 0.05) is 36.9 Å². The smallest absolute Gasteiger partial charge is 0.156 e. The molecular formula is C27H26FN7O. The van der Waals surface area contributed by atoms with Crippen LogP contribution < -0.4 is 10.1 Å². The van der Waals surface area contributed by atoms with E-state index in [0.717, 1.165) is 37.1 Å². The Bertz CT molecular complexity index is 1570. The minimum atomic E-state index is -0.379. The second-order valence-corrected chi connectivity index (χ2v) is 9.26. The van der Waals surface area contributed by atoms with E-state index < -0.39 is 0 Å². The van der Waals surface area contributed by atoms with E-state index in [0.29, 0.717) is 39.1 Å². The third-order valence-corrected chi connectivity index (χ3v) is 6.59. The number of hydrogen-bond donors (Lipinski definition) is 1. The molecule has 3 aromatic heterocycles. The van der Waals surface area contributed by atoms with Crippen LogP contribution in [0.4, 0.5) is 15.9 Å². The molecule has 1 fully saturated rings. The minimum Gasteiger partial charge on any atom is -0.488 e. The third kappa shape index (κ3) is 4.22. The lowest BCUT2D eigenvalue weighted by Gasteiger charge is -2.30. The monoisotopic (exact) mass is 483 g/mol. The molecule has 8 nitrogen and oxygen atoms in total. The van der Waals surface area contributed by atoms with Crippen molar-refractivity contribution in [2.45, 2.75) is 18.9 Å². The Labute approximate surface area is 207 Å². The molecule has 182 valence electrons. The van der Waals surface area contributed by atoms with Crippen molar-refractivity contribution < 1.29 is 9.13 Å². The van der Waals surface area contributed by atoms with E-state index in [4.69, 9.17) is 4.74 Å². The van der Waals surface area contributed by atoms with Gasteiger partial charge >= 0.3 is 0 Å². The van der Waals surface area contributed by atoms with Crippen molar-refractivity contribution in [2.75, 3.05) is 25.5 Å². The highest BCUT2D eigenvalue weighted by molar-refractivity contribution is 5.99. The largest absolute Gasteiger partial charge is 0.488 e. The maximum absolute atomic E-state index is 15.4. The van der Waals surface area contributed by atoms with Gasteiger partial charge in [-0.05, 0) is 68.4 Å². The van der Waals surface area contributed by atoms with E-state index in [1.807, 2.05) is 31.6 Å². The molecule has 0 radical (unpaired) electrons. The molecule has 2 aromatic carbocycles. The molecule has 0 saturated carbocycles. The van der Waals surface area contributed by atoms with Gasteiger partial charge in [-0.25, -0.2) is 14.4 Å². The van der Waals surface area contributed by atoms with Crippen molar-refractivity contribution in [1.29, 1.82) is 0 Å². The molecule has 36 heavy (non-hydrogen) atoms. The normalized spacial score (nSPS) is 16.5. The summed E-state index contributed by atoms with van der Waals surface area (Å²) in [4.78, 5) is 15.5. The van der Waals surface area contributed by atoms with Gasteiger partial charge in [0.25, 0.3) is 0 Å². The zero-order chi connectivity index (χ0) is 24.6. The molecule has 1 aliphatic rings. The molecule has 4 heterocycles. The Balaban J connectivity index is 1.47. The number of likely N-dealkylation sites (N-methyl/N-ethyl adjacent to an activating group) is 1. The molecule has 9 heteroatoms. The zero-order valence-electron chi connectivity index (χ0n) is 20.1. The van der Waals surface area contributed by atoms with Gasteiger partial charge in [0.15, 0.2) is 5.82 Å². The van der Waals surface area contributed by atoms with Gasteiger partial charge < -0.3 is 15.0 Å². The van der Waals surface area contributed by atoms with Crippen molar-refractivity contribution >= 4 is 33.3 Å². The van der Waals surface area contributed by atoms with Gasteiger partial charge in [-0.1, -0.05) is 0 Å². The first-order valence-corrected chi connectivity index (χ1v) is 12.0. The van der Waals surface area contributed by atoms with Gasteiger partial charge in [0.05, 0.1) is 28.3 Å². The molecule has 1 saturated heterocycles. The maximum atomic E-state index is 15.4. The van der Waals surface area contributed by atoms with E-state index in [2.05, 4.69) is 37.3 Å². The van der Waals surface area contributed by atoms with E-state index in [9.17, 15) is 0 Å². The van der Waals surface area contributed by atoms with Crippen LogP contribution in [0.1, 0.15) is 12.8 Å². The summed E-state index contributed by atoms with van der Waals surface area (Å²) in [5.74, 6) is 0.771. The fourth-order valence-corrected chi connectivity index (χ4v) is 4.81. The molecule has 0 unspecified atom stereocenters. The molecule has 0 spiro atoms. The number of likely N-dealkylation sites (tertiary alicyclic amines) is 1. The average molecular weight is 484 g/mol. The van der Waals surface area contributed by atoms with E-state index in [1.54, 1.807) is 35.1 Å². The van der Waals surface area contributed by atoms with Gasteiger partial charge in [0.1, 0.15) is 24.0 Å². The first-order chi connectivity index (χ1) is 17.5. The first kappa shape index (κ1) is 22.4. The highest BCUT2D eigenvalue weighted by Gasteiger charge is 2.22. The van der Waals surface area contributed by atoms with Crippen LogP contribution in [-0.2, 0) is 7.05 Å². The molecular weight excluding hydrogens is 457 g/mol. The van der Waals surface area contributed by atoms with Crippen molar-refractivity contribution in [1.82, 2.24) is 29.6 Å². The lowest BCUT2D eigenvalue weighted by atomic mass is 10.0. The zero-order valence-corrected chi connectivity index (χ0v) is 20.1. The number of nitrogens with zero attached hydrogens (tertiary/aromatic N) is 6. The second kappa shape index (κ2) is 9.16. The van der Waals surface area contributed by atoms with Crippen molar-refractivity contribution in [2.24, 2.45) is 7.05 Å². The molecule has 1 N–H and O–H groups in total.